The van der Waals surface area contributed by atoms with Gasteiger partial charge >= 0.3 is 6.09 Å². The minimum atomic E-state index is -0.594. The highest BCUT2D eigenvalue weighted by Crippen LogP contribution is 2.17. The van der Waals surface area contributed by atoms with Crippen molar-refractivity contribution in [1.82, 2.24) is 5.32 Å². The van der Waals surface area contributed by atoms with Crippen LogP contribution in [0.3, 0.4) is 0 Å². The summed E-state index contributed by atoms with van der Waals surface area (Å²) in [7, 11) is 0. The lowest BCUT2D eigenvalue weighted by Gasteiger charge is -2.21. The lowest BCUT2D eigenvalue weighted by Crippen LogP contribution is -2.41. The van der Waals surface area contributed by atoms with Crippen molar-refractivity contribution < 1.29 is 14.3 Å². The summed E-state index contributed by atoms with van der Waals surface area (Å²) < 4.78 is 5.10. The predicted molar refractivity (Wildman–Crippen MR) is 107 cm³/mol. The zero-order valence-electron chi connectivity index (χ0n) is 16.5. The quantitative estimate of drug-likeness (QED) is 0.482. The van der Waals surface area contributed by atoms with Gasteiger partial charge in [-0.3, -0.25) is 0 Å². The minimum Gasteiger partial charge on any atom is -0.444 e. The highest BCUT2D eigenvalue weighted by Gasteiger charge is 2.19. The van der Waals surface area contributed by atoms with Crippen molar-refractivity contribution in [2.24, 2.45) is 0 Å². The van der Waals surface area contributed by atoms with Crippen molar-refractivity contribution in [2.45, 2.75) is 67.0 Å². The summed E-state index contributed by atoms with van der Waals surface area (Å²) >= 11 is 1.44. The number of hydrogen-bond acceptors (Lipinski definition) is 4. The zero-order chi connectivity index (χ0) is 19.6. The molecule has 0 heterocycles. The van der Waals surface area contributed by atoms with Gasteiger partial charge in [-0.2, -0.15) is 0 Å². The fourth-order valence-electron chi connectivity index (χ4n) is 1.13. The van der Waals surface area contributed by atoms with E-state index in [-0.39, 0.29) is 0 Å². The molecule has 4 nitrogen and oxygen atoms in total. The second-order valence-corrected chi connectivity index (χ2v) is 6.09. The molecule has 5 heteroatoms. The van der Waals surface area contributed by atoms with E-state index >= 15 is 0 Å². The minimum absolute atomic E-state index is 0.429. The van der Waals surface area contributed by atoms with Crippen LogP contribution in [0, 0.1) is 0 Å². The van der Waals surface area contributed by atoms with Crippen LogP contribution < -0.4 is 5.32 Å². The molecule has 0 bridgehead atoms. The average molecular weight is 358 g/mol. The third-order valence-corrected chi connectivity index (χ3v) is 3.11. The summed E-state index contributed by atoms with van der Waals surface area (Å²) in [6.07, 6.45) is 7.51. The number of aldehydes is 1. The maximum absolute atomic E-state index is 11.6. The molecular formula is C19H35NO3S. The van der Waals surface area contributed by atoms with Crippen LogP contribution in [0.25, 0.3) is 0 Å². The third-order valence-electron chi connectivity index (χ3n) is 1.95. The summed E-state index contributed by atoms with van der Waals surface area (Å²) in [5, 5.41) is 2.53. The van der Waals surface area contributed by atoms with Gasteiger partial charge in [-0.25, -0.2) is 4.79 Å². The van der Waals surface area contributed by atoms with Gasteiger partial charge in [0, 0.05) is 10.7 Å². The summed E-state index contributed by atoms with van der Waals surface area (Å²) in [4.78, 5) is 23.5. The SMILES string of the molecule is C=C/C(=C\C=C/C)SCC(C=O)NC(=O)OC(C)(C)C.CC.CC. The first-order valence-electron chi connectivity index (χ1n) is 8.35. The number of nitrogens with one attached hydrogen (secondary N) is 1. The van der Waals surface area contributed by atoms with E-state index in [0.717, 1.165) is 4.91 Å². The molecule has 0 fully saturated rings. The smallest absolute Gasteiger partial charge is 0.408 e. The molecule has 0 aromatic rings. The number of ether oxygens (including phenoxy) is 1. The highest BCUT2D eigenvalue weighted by molar-refractivity contribution is 8.03. The Bertz CT molecular complexity index is 396. The molecule has 1 N–H and O–H groups in total. The molecule has 0 aliphatic carbocycles. The molecule has 0 aliphatic heterocycles. The molecule has 0 saturated heterocycles. The van der Waals surface area contributed by atoms with Gasteiger partial charge in [-0.1, -0.05) is 52.5 Å². The first kappa shape index (κ1) is 27.4. The Kier molecular flexibility index (Phi) is 20.4. The predicted octanol–water partition coefficient (Wildman–Crippen LogP) is 5.51. The Balaban J connectivity index is -0.00000102. The molecule has 0 aliphatic rings. The van der Waals surface area contributed by atoms with Crippen LogP contribution in [0.4, 0.5) is 4.79 Å². The number of thioether (sulfide) groups is 1. The first-order valence-corrected chi connectivity index (χ1v) is 9.34. The van der Waals surface area contributed by atoms with E-state index in [1.165, 1.54) is 11.8 Å². The van der Waals surface area contributed by atoms with Crippen LogP contribution in [0.1, 0.15) is 55.4 Å². The second-order valence-electron chi connectivity index (χ2n) is 5.00. The standard InChI is InChI=1S/C15H23NO3S.2C2H6/c1-6-8-9-13(7-2)20-11-12(10-17)16-14(18)19-15(3,4)5;2*1-2/h6-10,12H,2,11H2,1,3-5H3,(H,16,18);2*1-2H3/b8-6-,13-9+;;. The van der Waals surface area contributed by atoms with E-state index < -0.39 is 17.7 Å². The largest absolute Gasteiger partial charge is 0.444 e. The average Bonchev–Trinajstić information content (AvgIpc) is 2.55. The van der Waals surface area contributed by atoms with Crippen LogP contribution in [-0.2, 0) is 9.53 Å². The number of carbonyl (C=O) groups is 2. The molecule has 1 unspecified atom stereocenters. The summed E-state index contributed by atoms with van der Waals surface area (Å²) in [5.74, 6) is 0.429. The lowest BCUT2D eigenvalue weighted by atomic mass is 10.2. The van der Waals surface area contributed by atoms with Gasteiger partial charge in [0.05, 0.1) is 6.04 Å². The van der Waals surface area contributed by atoms with E-state index in [2.05, 4.69) is 11.9 Å². The van der Waals surface area contributed by atoms with Gasteiger partial charge in [0.15, 0.2) is 0 Å². The normalized spacial score (nSPS) is 12.1. The number of hydrogen-bond donors (Lipinski definition) is 1. The summed E-state index contributed by atoms with van der Waals surface area (Å²) in [5.41, 5.74) is -0.581. The number of alkyl carbamates (subject to hydrolysis) is 1. The molecule has 24 heavy (non-hydrogen) atoms. The fourth-order valence-corrected chi connectivity index (χ4v) is 1.95. The molecule has 0 radical (unpaired) electrons. The van der Waals surface area contributed by atoms with E-state index in [9.17, 15) is 9.59 Å². The van der Waals surface area contributed by atoms with Crippen LogP contribution in [-0.4, -0.2) is 29.8 Å². The molecule has 1 atom stereocenters. The Morgan fingerprint density at radius 2 is 1.79 bits per heavy atom. The summed E-state index contributed by atoms with van der Waals surface area (Å²) in [6.45, 7) is 18.9. The number of rotatable bonds is 7. The first-order chi connectivity index (χ1) is 11.3. The van der Waals surface area contributed by atoms with E-state index in [1.807, 2.05) is 52.8 Å². The molecular weight excluding hydrogens is 322 g/mol. The molecule has 0 saturated carbocycles. The van der Waals surface area contributed by atoms with Crippen LogP contribution >= 0.6 is 11.8 Å². The third kappa shape index (κ3) is 18.6. The van der Waals surface area contributed by atoms with Crippen molar-refractivity contribution in [3.8, 4) is 0 Å². The molecule has 1 amide bonds. The molecule has 140 valence electrons. The molecule has 0 rings (SSSR count). The van der Waals surface area contributed by atoms with Crippen molar-refractivity contribution >= 4 is 24.1 Å². The number of amides is 1. The van der Waals surface area contributed by atoms with Gasteiger partial charge in [-0.05, 0) is 33.8 Å². The van der Waals surface area contributed by atoms with E-state index in [1.54, 1.807) is 26.8 Å². The maximum Gasteiger partial charge on any atom is 0.408 e. The zero-order valence-corrected chi connectivity index (χ0v) is 17.3. The van der Waals surface area contributed by atoms with Crippen LogP contribution in [0.15, 0.2) is 35.8 Å². The Morgan fingerprint density at radius 3 is 2.17 bits per heavy atom. The Labute approximate surface area is 152 Å². The van der Waals surface area contributed by atoms with Gasteiger partial charge in [0.1, 0.15) is 11.9 Å². The summed E-state index contributed by atoms with van der Waals surface area (Å²) in [6, 6.07) is -0.594. The van der Waals surface area contributed by atoms with Crippen LogP contribution in [0.5, 0.6) is 0 Å². The number of carbonyl (C=O) groups excluding carboxylic acids is 2. The van der Waals surface area contributed by atoms with E-state index in [4.69, 9.17) is 4.74 Å². The van der Waals surface area contributed by atoms with Crippen molar-refractivity contribution in [2.75, 3.05) is 5.75 Å². The molecule has 0 aromatic carbocycles. The highest BCUT2D eigenvalue weighted by atomic mass is 32.2. The Morgan fingerprint density at radius 1 is 1.25 bits per heavy atom. The van der Waals surface area contributed by atoms with Crippen molar-refractivity contribution in [3.63, 3.8) is 0 Å². The van der Waals surface area contributed by atoms with Gasteiger partial charge in [0.25, 0.3) is 0 Å². The van der Waals surface area contributed by atoms with Crippen molar-refractivity contribution in [3.05, 3.63) is 35.8 Å². The fraction of sp³-hybridized carbons (Fsp3) is 0.579. The van der Waals surface area contributed by atoms with E-state index in [0.29, 0.717) is 12.0 Å². The maximum atomic E-state index is 11.6. The Hall–Kier alpha value is -1.49. The molecule has 0 spiro atoms. The molecule has 0 aromatic heterocycles. The van der Waals surface area contributed by atoms with Gasteiger partial charge < -0.3 is 14.8 Å². The van der Waals surface area contributed by atoms with Crippen LogP contribution in [0.2, 0.25) is 0 Å². The lowest BCUT2D eigenvalue weighted by molar-refractivity contribution is -0.109. The monoisotopic (exact) mass is 357 g/mol. The topological polar surface area (TPSA) is 55.4 Å². The van der Waals surface area contributed by atoms with Crippen molar-refractivity contribution in [1.29, 1.82) is 0 Å². The van der Waals surface area contributed by atoms with Gasteiger partial charge in [0.2, 0.25) is 0 Å². The van der Waals surface area contributed by atoms with Gasteiger partial charge in [-0.15, -0.1) is 11.8 Å². The second kappa shape index (κ2) is 17.9. The number of allylic oxidation sites excluding steroid dienone is 4.